The molecule has 1 rings (SSSR count). The van der Waals surface area contributed by atoms with E-state index in [1.54, 1.807) is 14.0 Å². The van der Waals surface area contributed by atoms with Gasteiger partial charge in [-0.2, -0.15) is 0 Å². The van der Waals surface area contributed by atoms with Crippen molar-refractivity contribution in [3.05, 3.63) is 40.9 Å². The predicted octanol–water partition coefficient (Wildman–Crippen LogP) is 2.71. The van der Waals surface area contributed by atoms with E-state index in [1.165, 1.54) is 4.90 Å². The number of hydrogen-bond acceptors (Lipinski definition) is 3. The van der Waals surface area contributed by atoms with Crippen molar-refractivity contribution in [2.75, 3.05) is 25.1 Å². The summed E-state index contributed by atoms with van der Waals surface area (Å²) in [7, 11) is 1.67. The number of urea groups is 1. The van der Waals surface area contributed by atoms with Gasteiger partial charge < -0.3 is 10.1 Å². The monoisotopic (exact) mass is 340 g/mol. The highest BCUT2D eigenvalue weighted by molar-refractivity contribution is 9.10. The lowest BCUT2D eigenvalue weighted by Crippen LogP contribution is -2.39. The Kier molecular flexibility index (Phi) is 6.24. The molecule has 1 aromatic rings. The Hall–Kier alpha value is -1.82. The molecule has 0 radical (unpaired) electrons. The van der Waals surface area contributed by atoms with E-state index >= 15 is 0 Å². The van der Waals surface area contributed by atoms with Gasteiger partial charge in [0.25, 0.3) is 0 Å². The van der Waals surface area contributed by atoms with Crippen LogP contribution in [-0.4, -0.2) is 32.2 Å². The van der Waals surface area contributed by atoms with E-state index in [9.17, 15) is 9.59 Å². The molecule has 0 bridgehead atoms. The summed E-state index contributed by atoms with van der Waals surface area (Å²) in [6.07, 6.45) is 0. The zero-order valence-electron chi connectivity index (χ0n) is 11.5. The lowest BCUT2D eigenvalue weighted by Gasteiger charge is -2.18. The standard InChI is InChI=1S/C14H17BrN2O3/c1-10(2)13(18)20-9-8-16-14(19)17(3)12-6-4-11(15)5-7-12/h4-7H,1,8-9H2,2-3H3,(H,16,19). The molecule has 5 nitrogen and oxygen atoms in total. The number of nitrogens with zero attached hydrogens (tertiary/aromatic N) is 1. The summed E-state index contributed by atoms with van der Waals surface area (Å²) in [5.41, 5.74) is 1.10. The van der Waals surface area contributed by atoms with Crippen molar-refractivity contribution in [3.8, 4) is 0 Å². The predicted molar refractivity (Wildman–Crippen MR) is 81.7 cm³/mol. The molecular weight excluding hydrogens is 324 g/mol. The first-order valence-electron chi connectivity index (χ1n) is 6.01. The molecule has 6 heteroatoms. The van der Waals surface area contributed by atoms with Crippen LogP contribution in [0, 0.1) is 0 Å². The normalized spacial score (nSPS) is 9.75. The van der Waals surface area contributed by atoms with Gasteiger partial charge in [0.15, 0.2) is 0 Å². The summed E-state index contributed by atoms with van der Waals surface area (Å²) < 4.78 is 5.82. The average molecular weight is 341 g/mol. The molecule has 0 aromatic heterocycles. The Morgan fingerprint density at radius 2 is 1.95 bits per heavy atom. The number of halogens is 1. The Labute approximate surface area is 126 Å². The van der Waals surface area contributed by atoms with Gasteiger partial charge >= 0.3 is 12.0 Å². The van der Waals surface area contributed by atoms with Crippen molar-refractivity contribution in [2.24, 2.45) is 0 Å². The van der Waals surface area contributed by atoms with Crippen LogP contribution in [0.25, 0.3) is 0 Å². The number of carbonyl (C=O) groups excluding carboxylic acids is 2. The number of esters is 1. The number of anilines is 1. The van der Waals surface area contributed by atoms with Crippen LogP contribution in [0.1, 0.15) is 6.92 Å². The number of rotatable bonds is 5. The SMILES string of the molecule is C=C(C)C(=O)OCCNC(=O)N(C)c1ccc(Br)cc1. The molecule has 0 atom stereocenters. The summed E-state index contributed by atoms with van der Waals surface area (Å²) in [5, 5.41) is 2.66. The van der Waals surface area contributed by atoms with Crippen molar-refractivity contribution in [3.63, 3.8) is 0 Å². The van der Waals surface area contributed by atoms with Gasteiger partial charge in [-0.3, -0.25) is 4.90 Å². The summed E-state index contributed by atoms with van der Waals surface area (Å²) in [6.45, 7) is 5.41. The highest BCUT2D eigenvalue weighted by Crippen LogP contribution is 2.17. The van der Waals surface area contributed by atoms with Gasteiger partial charge in [0.1, 0.15) is 6.61 Å². The van der Waals surface area contributed by atoms with Gasteiger partial charge in [0.05, 0.1) is 6.54 Å². The second-order valence-electron chi connectivity index (χ2n) is 4.18. The van der Waals surface area contributed by atoms with Gasteiger partial charge in [-0.05, 0) is 31.2 Å². The highest BCUT2D eigenvalue weighted by Gasteiger charge is 2.10. The lowest BCUT2D eigenvalue weighted by molar-refractivity contribution is -0.138. The van der Waals surface area contributed by atoms with E-state index in [1.807, 2.05) is 24.3 Å². The summed E-state index contributed by atoms with van der Waals surface area (Å²) >= 11 is 3.33. The van der Waals surface area contributed by atoms with Gasteiger partial charge in [-0.15, -0.1) is 0 Å². The molecule has 0 spiro atoms. The van der Waals surface area contributed by atoms with Crippen LogP contribution < -0.4 is 10.2 Å². The van der Waals surface area contributed by atoms with Crippen molar-refractivity contribution in [2.45, 2.75) is 6.92 Å². The second kappa shape index (κ2) is 7.69. The molecule has 1 N–H and O–H groups in total. The van der Waals surface area contributed by atoms with E-state index in [-0.39, 0.29) is 19.2 Å². The van der Waals surface area contributed by atoms with E-state index in [2.05, 4.69) is 27.8 Å². The summed E-state index contributed by atoms with van der Waals surface area (Å²) in [4.78, 5) is 24.5. The molecule has 0 fully saturated rings. The minimum atomic E-state index is -0.458. The molecule has 0 saturated heterocycles. The molecule has 0 aliphatic rings. The van der Waals surface area contributed by atoms with Crippen LogP contribution in [-0.2, 0) is 9.53 Å². The number of hydrogen-bond donors (Lipinski definition) is 1. The first kappa shape index (κ1) is 16.2. The van der Waals surface area contributed by atoms with E-state index in [4.69, 9.17) is 4.74 Å². The number of amides is 2. The first-order valence-corrected chi connectivity index (χ1v) is 6.81. The summed E-state index contributed by atoms with van der Waals surface area (Å²) in [6, 6.07) is 7.09. The first-order chi connectivity index (χ1) is 9.41. The second-order valence-corrected chi connectivity index (χ2v) is 5.10. The van der Waals surface area contributed by atoms with Gasteiger partial charge in [0, 0.05) is 22.8 Å². The molecule has 0 heterocycles. The van der Waals surface area contributed by atoms with Crippen LogP contribution in [0.2, 0.25) is 0 Å². The van der Waals surface area contributed by atoms with E-state index < -0.39 is 5.97 Å². The van der Waals surface area contributed by atoms with Crippen LogP contribution in [0.5, 0.6) is 0 Å². The quantitative estimate of drug-likeness (QED) is 0.509. The molecule has 2 amide bonds. The third kappa shape index (κ3) is 5.05. The zero-order chi connectivity index (χ0) is 15.1. The maximum absolute atomic E-state index is 11.9. The van der Waals surface area contributed by atoms with Crippen molar-refractivity contribution in [1.29, 1.82) is 0 Å². The van der Waals surface area contributed by atoms with E-state index in [0.717, 1.165) is 10.2 Å². The zero-order valence-corrected chi connectivity index (χ0v) is 13.1. The van der Waals surface area contributed by atoms with Gasteiger partial charge in [0.2, 0.25) is 0 Å². The van der Waals surface area contributed by atoms with Crippen LogP contribution >= 0.6 is 15.9 Å². The lowest BCUT2D eigenvalue weighted by atomic mass is 10.3. The number of carbonyl (C=O) groups is 2. The molecule has 20 heavy (non-hydrogen) atoms. The Morgan fingerprint density at radius 1 is 1.35 bits per heavy atom. The number of benzene rings is 1. The van der Waals surface area contributed by atoms with Crippen LogP contribution in [0.15, 0.2) is 40.9 Å². The Bertz CT molecular complexity index is 500. The van der Waals surface area contributed by atoms with Crippen LogP contribution in [0.3, 0.4) is 0 Å². The van der Waals surface area contributed by atoms with Gasteiger partial charge in [-0.1, -0.05) is 22.5 Å². The fourth-order valence-electron chi connectivity index (χ4n) is 1.33. The minimum absolute atomic E-state index is 0.117. The molecule has 0 aliphatic carbocycles. The maximum Gasteiger partial charge on any atom is 0.333 e. The molecule has 108 valence electrons. The third-order valence-corrected chi connectivity index (χ3v) is 3.01. The Morgan fingerprint density at radius 3 is 2.50 bits per heavy atom. The number of ether oxygens (including phenoxy) is 1. The summed E-state index contributed by atoms with van der Waals surface area (Å²) in [5.74, 6) is -0.458. The van der Waals surface area contributed by atoms with Crippen molar-refractivity contribution in [1.82, 2.24) is 5.32 Å². The third-order valence-electron chi connectivity index (χ3n) is 2.48. The number of nitrogens with one attached hydrogen (secondary N) is 1. The largest absolute Gasteiger partial charge is 0.460 e. The Balaban J connectivity index is 2.37. The smallest absolute Gasteiger partial charge is 0.333 e. The highest BCUT2D eigenvalue weighted by atomic mass is 79.9. The topological polar surface area (TPSA) is 58.6 Å². The maximum atomic E-state index is 11.9. The van der Waals surface area contributed by atoms with Crippen molar-refractivity contribution >= 4 is 33.6 Å². The molecule has 0 saturated carbocycles. The van der Waals surface area contributed by atoms with Gasteiger partial charge in [-0.25, -0.2) is 9.59 Å². The fraction of sp³-hybridized carbons (Fsp3) is 0.286. The molecule has 0 unspecified atom stereocenters. The van der Waals surface area contributed by atoms with E-state index in [0.29, 0.717) is 5.57 Å². The molecule has 1 aromatic carbocycles. The van der Waals surface area contributed by atoms with Crippen LogP contribution in [0.4, 0.5) is 10.5 Å². The average Bonchev–Trinajstić information content (AvgIpc) is 2.43. The molecule has 0 aliphatic heterocycles. The fourth-order valence-corrected chi connectivity index (χ4v) is 1.59. The molecular formula is C14H17BrN2O3. The minimum Gasteiger partial charge on any atom is -0.460 e. The van der Waals surface area contributed by atoms with Crippen molar-refractivity contribution < 1.29 is 14.3 Å².